The van der Waals surface area contributed by atoms with Gasteiger partial charge in [0.25, 0.3) is 11.8 Å². The van der Waals surface area contributed by atoms with E-state index in [0.29, 0.717) is 16.4 Å². The Morgan fingerprint density at radius 3 is 2.50 bits per heavy atom. The molecule has 0 aliphatic rings. The summed E-state index contributed by atoms with van der Waals surface area (Å²) in [5.74, 6) is -0.897. The predicted octanol–water partition coefficient (Wildman–Crippen LogP) is 3.11. The zero-order valence-electron chi connectivity index (χ0n) is 15.0. The van der Waals surface area contributed by atoms with E-state index in [1.165, 1.54) is 6.26 Å². The molecule has 8 heteroatoms. The van der Waals surface area contributed by atoms with Crippen molar-refractivity contribution in [2.75, 3.05) is 11.9 Å². The largest absolute Gasteiger partial charge is 0.459 e. The van der Waals surface area contributed by atoms with E-state index in [4.69, 9.17) is 10.2 Å². The fourth-order valence-electron chi connectivity index (χ4n) is 2.56. The monoisotopic (exact) mass is 397 g/mol. The molecule has 0 atom stereocenters. The summed E-state index contributed by atoms with van der Waals surface area (Å²) in [6.45, 7) is 0.577. The van der Waals surface area contributed by atoms with Crippen molar-refractivity contribution in [3.63, 3.8) is 0 Å². The third-order valence-electron chi connectivity index (χ3n) is 3.93. The van der Waals surface area contributed by atoms with Crippen molar-refractivity contribution in [3.05, 3.63) is 77.1 Å². The van der Waals surface area contributed by atoms with E-state index in [0.717, 1.165) is 16.9 Å². The molecule has 2 aromatic heterocycles. The molecule has 3 aromatic rings. The molecule has 28 heavy (non-hydrogen) atoms. The Morgan fingerprint density at radius 1 is 1.04 bits per heavy atom. The summed E-state index contributed by atoms with van der Waals surface area (Å²) in [6.07, 6.45) is 1.49. The molecule has 0 saturated heterocycles. The molecule has 0 saturated carbocycles. The van der Waals surface area contributed by atoms with Crippen molar-refractivity contribution in [3.8, 4) is 0 Å². The van der Waals surface area contributed by atoms with Gasteiger partial charge in [0.1, 0.15) is 0 Å². The average Bonchev–Trinajstić information content (AvgIpc) is 3.37. The maximum Gasteiger partial charge on any atom is 0.291 e. The van der Waals surface area contributed by atoms with Crippen LogP contribution < -0.4 is 11.1 Å². The smallest absolute Gasteiger partial charge is 0.291 e. The third kappa shape index (κ3) is 5.08. The molecule has 2 heterocycles. The van der Waals surface area contributed by atoms with E-state index >= 15 is 0 Å². The van der Waals surface area contributed by atoms with Gasteiger partial charge in [0.15, 0.2) is 5.76 Å². The summed E-state index contributed by atoms with van der Waals surface area (Å²) in [6, 6.07) is 16.0. The minimum atomic E-state index is -0.469. The molecule has 0 unspecified atom stereocenters. The number of primary amides is 1. The van der Waals surface area contributed by atoms with Crippen LogP contribution in [0, 0.1) is 0 Å². The molecule has 3 rings (SSSR count). The summed E-state index contributed by atoms with van der Waals surface area (Å²) < 4.78 is 5.05. The minimum absolute atomic E-state index is 0.0754. The van der Waals surface area contributed by atoms with Gasteiger partial charge in [0, 0.05) is 19.5 Å². The molecular weight excluding hydrogens is 378 g/mol. The quantitative estimate of drug-likeness (QED) is 0.609. The lowest BCUT2D eigenvalue weighted by Gasteiger charge is -2.21. The number of rotatable bonds is 8. The van der Waals surface area contributed by atoms with E-state index in [-0.39, 0.29) is 30.5 Å². The first-order valence-corrected chi connectivity index (χ1v) is 9.41. The van der Waals surface area contributed by atoms with Gasteiger partial charge >= 0.3 is 0 Å². The second-order valence-electron chi connectivity index (χ2n) is 6.02. The molecular formula is C20H19N3O4S. The highest BCUT2D eigenvalue weighted by Gasteiger charge is 2.20. The van der Waals surface area contributed by atoms with Crippen LogP contribution in [0.2, 0.25) is 0 Å². The second kappa shape index (κ2) is 9.01. The molecule has 0 aliphatic heterocycles. The molecule has 0 radical (unpaired) electrons. The van der Waals surface area contributed by atoms with Crippen LogP contribution in [-0.4, -0.2) is 29.2 Å². The molecule has 7 nitrogen and oxygen atoms in total. The lowest BCUT2D eigenvalue weighted by Crippen LogP contribution is -2.33. The molecule has 0 fully saturated rings. The predicted molar refractivity (Wildman–Crippen MR) is 106 cm³/mol. The number of nitrogens with one attached hydrogen (secondary N) is 1. The van der Waals surface area contributed by atoms with Crippen molar-refractivity contribution < 1.29 is 18.8 Å². The molecule has 3 amide bonds. The number of nitrogens with zero attached hydrogens (tertiary/aromatic N) is 1. The van der Waals surface area contributed by atoms with E-state index < -0.39 is 5.91 Å². The molecule has 0 bridgehead atoms. The zero-order valence-corrected chi connectivity index (χ0v) is 15.8. The molecule has 0 spiro atoms. The molecule has 3 N–H and O–H groups in total. The van der Waals surface area contributed by atoms with Gasteiger partial charge in [0.05, 0.1) is 16.1 Å². The summed E-state index contributed by atoms with van der Waals surface area (Å²) in [4.78, 5) is 38.2. The minimum Gasteiger partial charge on any atom is -0.459 e. The maximum atomic E-state index is 12.9. The van der Waals surface area contributed by atoms with Gasteiger partial charge in [0.2, 0.25) is 5.91 Å². The Labute approximate surface area is 165 Å². The number of carbonyl (C=O) groups is 3. The number of carbonyl (C=O) groups excluding carboxylic acids is 3. The van der Waals surface area contributed by atoms with Crippen molar-refractivity contribution in [2.45, 2.75) is 13.0 Å². The lowest BCUT2D eigenvalue weighted by atomic mass is 10.2. The normalized spacial score (nSPS) is 10.4. The highest BCUT2D eigenvalue weighted by Crippen LogP contribution is 2.24. The third-order valence-corrected chi connectivity index (χ3v) is 4.92. The van der Waals surface area contributed by atoms with Gasteiger partial charge in [-0.1, -0.05) is 30.3 Å². The standard InChI is InChI=1S/C20H19N3O4S/c21-17(24)10-11-23(13-14-5-2-1-3-6-14)20(26)16-8-9-18(28-16)22-19(25)15-7-4-12-27-15/h1-9,12H,10-11,13H2,(H2,21,24)(H,22,25). The summed E-state index contributed by atoms with van der Waals surface area (Å²) in [5.41, 5.74) is 6.20. The number of hydrogen-bond donors (Lipinski definition) is 2. The number of amides is 3. The van der Waals surface area contributed by atoms with Gasteiger partial charge in [-0.15, -0.1) is 11.3 Å². The summed E-state index contributed by atoms with van der Waals surface area (Å²) >= 11 is 1.16. The van der Waals surface area contributed by atoms with Gasteiger partial charge in [-0.25, -0.2) is 0 Å². The van der Waals surface area contributed by atoms with Crippen LogP contribution in [0.4, 0.5) is 5.00 Å². The van der Waals surface area contributed by atoms with Gasteiger partial charge < -0.3 is 20.4 Å². The molecule has 0 aliphatic carbocycles. The molecule has 1 aromatic carbocycles. The van der Waals surface area contributed by atoms with Crippen molar-refractivity contribution in [1.82, 2.24) is 4.90 Å². The topological polar surface area (TPSA) is 106 Å². The van der Waals surface area contributed by atoms with E-state index in [2.05, 4.69) is 5.32 Å². The van der Waals surface area contributed by atoms with Gasteiger partial charge in [-0.2, -0.15) is 0 Å². The van der Waals surface area contributed by atoms with Crippen molar-refractivity contribution in [1.29, 1.82) is 0 Å². The van der Waals surface area contributed by atoms with Crippen LogP contribution in [0.1, 0.15) is 32.2 Å². The number of anilines is 1. The van der Waals surface area contributed by atoms with E-state index in [9.17, 15) is 14.4 Å². The Kier molecular flexibility index (Phi) is 6.23. The number of furan rings is 1. The Bertz CT molecular complexity index is 951. The van der Waals surface area contributed by atoms with E-state index in [1.54, 1.807) is 29.2 Å². The second-order valence-corrected chi connectivity index (χ2v) is 7.11. The summed E-state index contributed by atoms with van der Waals surface area (Å²) in [7, 11) is 0. The number of benzene rings is 1. The first-order valence-electron chi connectivity index (χ1n) is 8.59. The SMILES string of the molecule is NC(=O)CCN(Cc1ccccc1)C(=O)c1ccc(NC(=O)c2ccco2)s1. The van der Waals surface area contributed by atoms with Crippen LogP contribution in [0.3, 0.4) is 0 Å². The van der Waals surface area contributed by atoms with Crippen LogP contribution >= 0.6 is 11.3 Å². The molecule has 144 valence electrons. The average molecular weight is 397 g/mol. The Morgan fingerprint density at radius 2 is 1.82 bits per heavy atom. The maximum absolute atomic E-state index is 12.9. The lowest BCUT2D eigenvalue weighted by molar-refractivity contribution is -0.118. The van der Waals surface area contributed by atoms with Crippen LogP contribution in [0.25, 0.3) is 0 Å². The highest BCUT2D eigenvalue weighted by molar-refractivity contribution is 7.18. The number of hydrogen-bond acceptors (Lipinski definition) is 5. The van der Waals surface area contributed by atoms with Crippen molar-refractivity contribution >= 4 is 34.1 Å². The highest BCUT2D eigenvalue weighted by atomic mass is 32.1. The first kappa shape index (κ1) is 19.4. The Balaban J connectivity index is 1.71. The fourth-order valence-corrected chi connectivity index (χ4v) is 3.43. The van der Waals surface area contributed by atoms with Crippen molar-refractivity contribution in [2.24, 2.45) is 5.73 Å². The first-order chi connectivity index (χ1) is 13.5. The Hall–Kier alpha value is -3.39. The van der Waals surface area contributed by atoms with Crippen LogP contribution in [0.5, 0.6) is 0 Å². The zero-order chi connectivity index (χ0) is 19.9. The number of nitrogens with two attached hydrogens (primary N) is 1. The van der Waals surface area contributed by atoms with Crippen LogP contribution in [-0.2, 0) is 11.3 Å². The number of thiophene rings is 1. The summed E-state index contributed by atoms with van der Waals surface area (Å²) in [5, 5.41) is 3.23. The fraction of sp³-hybridized carbons (Fsp3) is 0.150. The van der Waals surface area contributed by atoms with Crippen LogP contribution in [0.15, 0.2) is 65.3 Å². The van der Waals surface area contributed by atoms with Gasteiger partial charge in [-0.3, -0.25) is 14.4 Å². The van der Waals surface area contributed by atoms with Gasteiger partial charge in [-0.05, 0) is 29.8 Å². The van der Waals surface area contributed by atoms with E-state index in [1.807, 2.05) is 30.3 Å².